The van der Waals surface area contributed by atoms with Crippen molar-refractivity contribution in [3.05, 3.63) is 65.2 Å². The van der Waals surface area contributed by atoms with E-state index in [1.165, 1.54) is 7.11 Å². The van der Waals surface area contributed by atoms with Crippen LogP contribution < -0.4 is 0 Å². The smallest absolute Gasteiger partial charge is 0.358 e. The SMILES string of the molecule is CON=C(C(=O)O)c1cccc(C)c1CSc1ccccc1. The average Bonchev–Trinajstić information content (AvgIpc) is 2.52. The zero-order valence-electron chi connectivity index (χ0n) is 12.4. The Morgan fingerprint density at radius 3 is 2.55 bits per heavy atom. The van der Waals surface area contributed by atoms with Gasteiger partial charge in [-0.25, -0.2) is 4.79 Å². The largest absolute Gasteiger partial charge is 0.476 e. The third-order valence-electron chi connectivity index (χ3n) is 3.18. The van der Waals surface area contributed by atoms with Crippen LogP contribution in [-0.4, -0.2) is 23.9 Å². The molecule has 2 rings (SSSR count). The maximum Gasteiger partial charge on any atom is 0.358 e. The van der Waals surface area contributed by atoms with Crippen LogP contribution in [0.5, 0.6) is 0 Å². The lowest BCUT2D eigenvalue weighted by atomic mass is 10.00. The summed E-state index contributed by atoms with van der Waals surface area (Å²) in [6, 6.07) is 15.6. The lowest BCUT2D eigenvalue weighted by molar-refractivity contribution is -0.129. The molecule has 0 aliphatic heterocycles. The van der Waals surface area contributed by atoms with Crippen molar-refractivity contribution in [1.29, 1.82) is 0 Å². The van der Waals surface area contributed by atoms with Gasteiger partial charge in [0.2, 0.25) is 0 Å². The van der Waals surface area contributed by atoms with E-state index in [1.807, 2.05) is 49.4 Å². The minimum atomic E-state index is -1.10. The first-order valence-corrected chi connectivity index (χ1v) is 7.73. The Morgan fingerprint density at radius 2 is 1.91 bits per heavy atom. The molecule has 0 bridgehead atoms. The first-order valence-electron chi connectivity index (χ1n) is 6.74. The van der Waals surface area contributed by atoms with E-state index in [1.54, 1.807) is 17.8 Å². The second-order valence-electron chi connectivity index (χ2n) is 4.63. The molecular formula is C17H17NO3S. The molecule has 0 saturated heterocycles. The Morgan fingerprint density at radius 1 is 1.18 bits per heavy atom. The van der Waals surface area contributed by atoms with Gasteiger partial charge in [-0.15, -0.1) is 11.8 Å². The molecule has 0 atom stereocenters. The van der Waals surface area contributed by atoms with Gasteiger partial charge in [-0.2, -0.15) is 0 Å². The van der Waals surface area contributed by atoms with Gasteiger partial charge in [-0.1, -0.05) is 41.6 Å². The highest BCUT2D eigenvalue weighted by Crippen LogP contribution is 2.27. The highest BCUT2D eigenvalue weighted by atomic mass is 32.2. The molecule has 0 heterocycles. The molecule has 0 saturated carbocycles. The molecule has 0 fully saturated rings. The van der Waals surface area contributed by atoms with Crippen molar-refractivity contribution in [3.63, 3.8) is 0 Å². The molecule has 2 aromatic carbocycles. The summed E-state index contributed by atoms with van der Waals surface area (Å²) in [6.45, 7) is 1.97. The van der Waals surface area contributed by atoms with E-state index in [4.69, 9.17) is 0 Å². The Bertz CT molecular complexity index is 684. The first-order chi connectivity index (χ1) is 10.6. The van der Waals surface area contributed by atoms with E-state index in [0.717, 1.165) is 16.0 Å². The molecule has 1 N–H and O–H groups in total. The van der Waals surface area contributed by atoms with Gasteiger partial charge in [0.25, 0.3) is 0 Å². The third kappa shape index (κ3) is 3.89. The molecule has 0 radical (unpaired) electrons. The van der Waals surface area contributed by atoms with Gasteiger partial charge in [0.05, 0.1) is 0 Å². The molecule has 22 heavy (non-hydrogen) atoms. The summed E-state index contributed by atoms with van der Waals surface area (Å²) in [7, 11) is 1.34. The highest BCUT2D eigenvalue weighted by Gasteiger charge is 2.18. The minimum Gasteiger partial charge on any atom is -0.476 e. The highest BCUT2D eigenvalue weighted by molar-refractivity contribution is 7.98. The van der Waals surface area contributed by atoms with Crippen LogP contribution in [-0.2, 0) is 15.4 Å². The Balaban J connectivity index is 2.34. The first kappa shape index (κ1) is 16.1. The van der Waals surface area contributed by atoms with E-state index in [0.29, 0.717) is 11.3 Å². The summed E-state index contributed by atoms with van der Waals surface area (Å²) in [6.07, 6.45) is 0. The summed E-state index contributed by atoms with van der Waals surface area (Å²) >= 11 is 1.66. The summed E-state index contributed by atoms with van der Waals surface area (Å²) in [5.74, 6) is -0.430. The number of hydrogen-bond donors (Lipinski definition) is 1. The molecule has 114 valence electrons. The number of rotatable bonds is 6. The Labute approximate surface area is 133 Å². The van der Waals surface area contributed by atoms with Crippen molar-refractivity contribution in [1.82, 2.24) is 0 Å². The number of hydrogen-bond acceptors (Lipinski definition) is 4. The standard InChI is InChI=1S/C17H17NO3S/c1-12-7-6-10-14(16(17(19)20)18-21-2)15(12)11-22-13-8-4-3-5-9-13/h3-10H,11H2,1-2H3,(H,19,20). The van der Waals surface area contributed by atoms with E-state index < -0.39 is 5.97 Å². The minimum absolute atomic E-state index is 0.0742. The van der Waals surface area contributed by atoms with Crippen LogP contribution in [0.4, 0.5) is 0 Å². The molecule has 0 aromatic heterocycles. The molecule has 0 amide bonds. The fourth-order valence-electron chi connectivity index (χ4n) is 2.08. The second-order valence-corrected chi connectivity index (χ2v) is 5.68. The van der Waals surface area contributed by atoms with Crippen molar-refractivity contribution in [3.8, 4) is 0 Å². The van der Waals surface area contributed by atoms with E-state index in [-0.39, 0.29) is 5.71 Å². The van der Waals surface area contributed by atoms with Gasteiger partial charge < -0.3 is 9.94 Å². The van der Waals surface area contributed by atoms with E-state index in [9.17, 15) is 9.90 Å². The van der Waals surface area contributed by atoms with Crippen LogP contribution in [0.25, 0.3) is 0 Å². The van der Waals surface area contributed by atoms with Crippen LogP contribution >= 0.6 is 11.8 Å². The summed E-state index contributed by atoms with van der Waals surface area (Å²) in [4.78, 5) is 17.2. The number of carboxylic acid groups (broad SMARTS) is 1. The summed E-state index contributed by atoms with van der Waals surface area (Å²) < 4.78 is 0. The van der Waals surface area contributed by atoms with Crippen molar-refractivity contribution in [2.45, 2.75) is 17.6 Å². The molecule has 0 spiro atoms. The van der Waals surface area contributed by atoms with E-state index >= 15 is 0 Å². The van der Waals surface area contributed by atoms with Crippen molar-refractivity contribution < 1.29 is 14.7 Å². The van der Waals surface area contributed by atoms with Crippen molar-refractivity contribution >= 4 is 23.4 Å². The Kier molecular flexibility index (Phi) is 5.61. The van der Waals surface area contributed by atoms with Crippen molar-refractivity contribution in [2.75, 3.05) is 7.11 Å². The lowest BCUT2D eigenvalue weighted by Crippen LogP contribution is -2.17. The number of oxime groups is 1. The average molecular weight is 315 g/mol. The number of nitrogens with zero attached hydrogens (tertiary/aromatic N) is 1. The van der Waals surface area contributed by atoms with Gasteiger partial charge in [-0.3, -0.25) is 0 Å². The van der Waals surface area contributed by atoms with Crippen LogP contribution in [0.2, 0.25) is 0 Å². The molecule has 5 heteroatoms. The number of thioether (sulfide) groups is 1. The number of carbonyl (C=O) groups is 1. The molecular weight excluding hydrogens is 298 g/mol. The van der Waals surface area contributed by atoms with Crippen LogP contribution in [0.15, 0.2) is 58.6 Å². The predicted molar refractivity (Wildman–Crippen MR) is 88.4 cm³/mol. The second kappa shape index (κ2) is 7.66. The van der Waals surface area contributed by atoms with Crippen LogP contribution in [0.1, 0.15) is 16.7 Å². The fraction of sp³-hybridized carbons (Fsp3) is 0.176. The van der Waals surface area contributed by atoms with Crippen LogP contribution in [0, 0.1) is 6.92 Å². The van der Waals surface area contributed by atoms with Gasteiger partial charge >= 0.3 is 5.97 Å². The number of aryl methyl sites for hydroxylation is 1. The summed E-state index contributed by atoms with van der Waals surface area (Å²) in [5.41, 5.74) is 2.51. The topological polar surface area (TPSA) is 58.9 Å². The number of aliphatic carboxylic acids is 1. The van der Waals surface area contributed by atoms with Gasteiger partial charge in [0.1, 0.15) is 7.11 Å². The molecule has 2 aromatic rings. The molecule has 0 unspecified atom stereocenters. The Hall–Kier alpha value is -2.27. The number of benzene rings is 2. The quantitative estimate of drug-likeness (QED) is 0.501. The van der Waals surface area contributed by atoms with Gasteiger partial charge in [-0.05, 0) is 30.2 Å². The van der Waals surface area contributed by atoms with Gasteiger partial charge in [0, 0.05) is 16.2 Å². The van der Waals surface area contributed by atoms with Gasteiger partial charge in [0.15, 0.2) is 5.71 Å². The summed E-state index contributed by atoms with van der Waals surface area (Å²) in [5, 5.41) is 13.0. The monoisotopic (exact) mass is 315 g/mol. The fourth-order valence-corrected chi connectivity index (χ4v) is 3.13. The molecule has 0 aliphatic rings. The predicted octanol–water partition coefficient (Wildman–Crippen LogP) is 3.72. The maximum absolute atomic E-state index is 11.4. The third-order valence-corrected chi connectivity index (χ3v) is 4.22. The maximum atomic E-state index is 11.4. The van der Waals surface area contributed by atoms with Crippen molar-refractivity contribution in [2.24, 2.45) is 5.16 Å². The van der Waals surface area contributed by atoms with Crippen LogP contribution in [0.3, 0.4) is 0 Å². The number of carboxylic acids is 1. The zero-order valence-corrected chi connectivity index (χ0v) is 13.3. The molecule has 4 nitrogen and oxygen atoms in total. The molecule has 0 aliphatic carbocycles. The van der Waals surface area contributed by atoms with E-state index in [2.05, 4.69) is 9.99 Å². The zero-order chi connectivity index (χ0) is 15.9. The lowest BCUT2D eigenvalue weighted by Gasteiger charge is -2.12. The normalized spacial score (nSPS) is 11.3.